The minimum Gasteiger partial charge on any atom is -0.473 e. The minimum absolute atomic E-state index is 0.0223. The predicted octanol–water partition coefficient (Wildman–Crippen LogP) is 0.652. The van der Waals surface area contributed by atoms with E-state index in [0.29, 0.717) is 17.7 Å². The van der Waals surface area contributed by atoms with E-state index in [9.17, 15) is 14.7 Å². The summed E-state index contributed by atoms with van der Waals surface area (Å²) in [5.74, 6) is 0.669. The summed E-state index contributed by atoms with van der Waals surface area (Å²) in [7, 11) is 0. The van der Waals surface area contributed by atoms with Crippen molar-refractivity contribution >= 4 is 30.7 Å². The van der Waals surface area contributed by atoms with Crippen LogP contribution >= 0.6 is 12.6 Å². The maximum atomic E-state index is 11.8. The van der Waals surface area contributed by atoms with Crippen molar-refractivity contribution in [1.82, 2.24) is 10.3 Å². The van der Waals surface area contributed by atoms with Crippen molar-refractivity contribution < 1.29 is 23.8 Å². The summed E-state index contributed by atoms with van der Waals surface area (Å²) in [6.07, 6.45) is 5.53. The third-order valence-electron chi connectivity index (χ3n) is 3.42. The van der Waals surface area contributed by atoms with Crippen LogP contribution in [-0.4, -0.2) is 52.2 Å². The molecule has 9 heteroatoms. The van der Waals surface area contributed by atoms with Gasteiger partial charge in [0.05, 0.1) is 6.54 Å². The standard InChI is InChI=1S/C16H21N3O5S/c1-16(9-20)10-24-15(19-16)11-8-23-13(18-11)7-17-14(22)12(21)5-3-2-4-6-25/h2-3,8-9,12,21,25H,4-7,10H2,1H3,(H,17,22)/b3-2+/t12-,16-/m1/s1. The molecule has 1 amide bonds. The summed E-state index contributed by atoms with van der Waals surface area (Å²) >= 11 is 4.06. The monoisotopic (exact) mass is 367 g/mol. The first-order valence-electron chi connectivity index (χ1n) is 7.83. The number of aromatic nitrogens is 1. The second kappa shape index (κ2) is 8.82. The molecule has 25 heavy (non-hydrogen) atoms. The lowest BCUT2D eigenvalue weighted by Gasteiger charge is -2.07. The van der Waals surface area contributed by atoms with Crippen LogP contribution in [-0.2, 0) is 20.9 Å². The highest BCUT2D eigenvalue weighted by Crippen LogP contribution is 2.19. The smallest absolute Gasteiger partial charge is 0.249 e. The topological polar surface area (TPSA) is 114 Å². The number of rotatable bonds is 9. The molecule has 0 saturated heterocycles. The van der Waals surface area contributed by atoms with Gasteiger partial charge in [-0.1, -0.05) is 12.2 Å². The Hall–Kier alpha value is -2.13. The Bertz CT molecular complexity index is 672. The van der Waals surface area contributed by atoms with Crippen LogP contribution in [0.5, 0.6) is 0 Å². The molecule has 0 aromatic carbocycles. The lowest BCUT2D eigenvalue weighted by atomic mass is 10.1. The number of aldehydes is 1. The maximum Gasteiger partial charge on any atom is 0.249 e. The van der Waals surface area contributed by atoms with Crippen molar-refractivity contribution in [1.29, 1.82) is 0 Å². The van der Waals surface area contributed by atoms with Gasteiger partial charge in [0.1, 0.15) is 19.0 Å². The number of nitrogens with one attached hydrogen (secondary N) is 1. The van der Waals surface area contributed by atoms with E-state index in [0.717, 1.165) is 6.42 Å². The van der Waals surface area contributed by atoms with Crippen molar-refractivity contribution in [3.05, 3.63) is 30.0 Å². The van der Waals surface area contributed by atoms with Crippen LogP contribution in [0.15, 0.2) is 27.8 Å². The molecule has 0 saturated carbocycles. The van der Waals surface area contributed by atoms with Gasteiger partial charge in [-0.05, 0) is 19.1 Å². The number of carbonyl (C=O) groups is 2. The number of hydrogen-bond donors (Lipinski definition) is 3. The second-order valence-corrected chi connectivity index (χ2v) is 6.21. The van der Waals surface area contributed by atoms with Crippen LogP contribution < -0.4 is 5.32 Å². The highest BCUT2D eigenvalue weighted by atomic mass is 32.1. The number of carbonyl (C=O) groups excluding carboxylic acids is 2. The Balaban J connectivity index is 1.84. The molecule has 1 aliphatic heterocycles. The van der Waals surface area contributed by atoms with Gasteiger partial charge in [-0.25, -0.2) is 9.98 Å². The first kappa shape index (κ1) is 19.2. The second-order valence-electron chi connectivity index (χ2n) is 5.76. The molecular formula is C16H21N3O5S. The van der Waals surface area contributed by atoms with Crippen molar-refractivity contribution in [2.24, 2.45) is 4.99 Å². The molecule has 1 aromatic rings. The highest BCUT2D eigenvalue weighted by Gasteiger charge is 2.33. The van der Waals surface area contributed by atoms with E-state index >= 15 is 0 Å². The zero-order valence-electron chi connectivity index (χ0n) is 13.8. The fraction of sp³-hybridized carbons (Fsp3) is 0.500. The van der Waals surface area contributed by atoms with Crippen LogP contribution in [0.4, 0.5) is 0 Å². The van der Waals surface area contributed by atoms with Crippen LogP contribution in [0.2, 0.25) is 0 Å². The van der Waals surface area contributed by atoms with Crippen molar-refractivity contribution in [2.75, 3.05) is 12.4 Å². The van der Waals surface area contributed by atoms with Gasteiger partial charge < -0.3 is 24.4 Å². The first-order valence-corrected chi connectivity index (χ1v) is 8.46. The Morgan fingerprint density at radius 2 is 2.36 bits per heavy atom. The summed E-state index contributed by atoms with van der Waals surface area (Å²) < 4.78 is 10.6. The average Bonchev–Trinajstić information content (AvgIpc) is 3.23. The molecule has 8 nitrogen and oxygen atoms in total. The molecule has 2 N–H and O–H groups in total. The number of aliphatic hydroxyl groups excluding tert-OH is 1. The quantitative estimate of drug-likeness (QED) is 0.335. The van der Waals surface area contributed by atoms with Crippen molar-refractivity contribution in [2.45, 2.75) is 38.0 Å². The summed E-state index contributed by atoms with van der Waals surface area (Å²) in [6.45, 7) is 1.83. The van der Waals surface area contributed by atoms with Gasteiger partial charge in [0.2, 0.25) is 17.7 Å². The van der Waals surface area contributed by atoms with E-state index in [-0.39, 0.29) is 31.4 Å². The molecule has 0 bridgehead atoms. The molecule has 0 spiro atoms. The van der Waals surface area contributed by atoms with Gasteiger partial charge in [0.15, 0.2) is 17.5 Å². The zero-order chi connectivity index (χ0) is 18.3. The number of oxazole rings is 1. The number of amides is 1. The Morgan fingerprint density at radius 1 is 1.56 bits per heavy atom. The molecule has 1 aromatic heterocycles. The van der Waals surface area contributed by atoms with E-state index in [1.54, 1.807) is 13.0 Å². The predicted molar refractivity (Wildman–Crippen MR) is 93.5 cm³/mol. The fourth-order valence-corrected chi connectivity index (χ4v) is 2.15. The Kier molecular flexibility index (Phi) is 6.77. The van der Waals surface area contributed by atoms with E-state index in [1.165, 1.54) is 6.26 Å². The van der Waals surface area contributed by atoms with Crippen LogP contribution in [0.1, 0.15) is 31.4 Å². The number of aliphatic hydroxyl groups is 1. The maximum absolute atomic E-state index is 11.8. The van der Waals surface area contributed by atoms with Gasteiger partial charge in [-0.15, -0.1) is 0 Å². The molecule has 136 valence electrons. The molecule has 2 heterocycles. The minimum atomic E-state index is -1.14. The third-order valence-corrected chi connectivity index (χ3v) is 3.68. The van der Waals surface area contributed by atoms with E-state index in [4.69, 9.17) is 9.15 Å². The van der Waals surface area contributed by atoms with Gasteiger partial charge >= 0.3 is 0 Å². The molecule has 0 radical (unpaired) electrons. The van der Waals surface area contributed by atoms with Crippen LogP contribution in [0.25, 0.3) is 0 Å². The number of hydrogen-bond acceptors (Lipinski definition) is 8. The average molecular weight is 367 g/mol. The summed E-state index contributed by atoms with van der Waals surface area (Å²) in [4.78, 5) is 31.1. The van der Waals surface area contributed by atoms with Crippen LogP contribution in [0, 0.1) is 0 Å². The summed E-state index contributed by atoms with van der Waals surface area (Å²) in [6, 6.07) is 0. The zero-order valence-corrected chi connectivity index (χ0v) is 14.7. The third kappa shape index (κ3) is 5.43. The molecular weight excluding hydrogens is 346 g/mol. The van der Waals surface area contributed by atoms with Gasteiger partial charge in [0.25, 0.3) is 0 Å². The van der Waals surface area contributed by atoms with Crippen LogP contribution in [0.3, 0.4) is 0 Å². The summed E-state index contributed by atoms with van der Waals surface area (Å²) in [5, 5.41) is 12.3. The number of nitrogens with zero attached hydrogens (tertiary/aromatic N) is 2. The van der Waals surface area contributed by atoms with E-state index in [2.05, 4.69) is 27.9 Å². The first-order chi connectivity index (χ1) is 12.0. The van der Waals surface area contributed by atoms with Gasteiger partial charge in [0, 0.05) is 6.42 Å². The largest absolute Gasteiger partial charge is 0.473 e. The van der Waals surface area contributed by atoms with E-state index < -0.39 is 17.6 Å². The summed E-state index contributed by atoms with van der Waals surface area (Å²) in [5.41, 5.74) is -0.558. The molecule has 0 aliphatic carbocycles. The SMILES string of the molecule is C[C@@]1(C=O)COC(c2coc(CNC(=O)[C@H](O)C/C=C/CCS)n2)=N1. The molecule has 0 fully saturated rings. The Labute approximate surface area is 150 Å². The Morgan fingerprint density at radius 3 is 3.04 bits per heavy atom. The lowest BCUT2D eigenvalue weighted by Crippen LogP contribution is -2.33. The lowest BCUT2D eigenvalue weighted by molar-refractivity contribution is -0.129. The number of aliphatic imine (C=N–C) groups is 1. The number of thiol groups is 1. The van der Waals surface area contributed by atoms with Crippen molar-refractivity contribution in [3.8, 4) is 0 Å². The van der Waals surface area contributed by atoms with Gasteiger partial charge in [-0.3, -0.25) is 4.79 Å². The number of allylic oxidation sites excluding steroid dienone is 1. The number of ether oxygens (including phenoxy) is 1. The molecule has 0 unspecified atom stereocenters. The van der Waals surface area contributed by atoms with Gasteiger partial charge in [-0.2, -0.15) is 12.6 Å². The fourth-order valence-electron chi connectivity index (χ4n) is 2.00. The molecule has 1 aliphatic rings. The van der Waals surface area contributed by atoms with E-state index in [1.807, 2.05) is 6.08 Å². The molecule has 2 atom stereocenters. The van der Waals surface area contributed by atoms with Crippen molar-refractivity contribution in [3.63, 3.8) is 0 Å². The highest BCUT2D eigenvalue weighted by molar-refractivity contribution is 7.80. The molecule has 2 rings (SSSR count). The normalized spacial score (nSPS) is 21.0.